The molecule has 0 unspecified atom stereocenters. The molecule has 0 heterocycles. The average Bonchev–Trinajstić information content (AvgIpc) is 2.12. The van der Waals surface area contributed by atoms with Crippen LogP contribution in [0.2, 0.25) is 0 Å². The number of aryl methyl sites for hydroxylation is 1. The molecule has 0 aliphatic carbocycles. The van der Waals surface area contributed by atoms with Gasteiger partial charge < -0.3 is 0 Å². The number of hydrogen-bond donors (Lipinski definition) is 0. The van der Waals surface area contributed by atoms with Crippen molar-refractivity contribution >= 4 is 34.4 Å². The van der Waals surface area contributed by atoms with Gasteiger partial charge in [-0.15, -0.1) is 0 Å². The standard InChI is InChI=1S/C15H23PS2/c1-10-8-11(14(2,3)4)9-12(15(5,6)7)13(10)16(17)18/h8-9H,1-7H3. The maximum atomic E-state index is 5.41. The van der Waals surface area contributed by atoms with E-state index in [1.54, 1.807) is 0 Å². The Hall–Kier alpha value is -0.0400. The molecule has 0 aliphatic heterocycles. The fraction of sp³-hybridized carbons (Fsp3) is 0.600. The Morgan fingerprint density at radius 2 is 1.39 bits per heavy atom. The van der Waals surface area contributed by atoms with E-state index in [1.165, 1.54) is 22.0 Å². The molecule has 0 atom stereocenters. The van der Waals surface area contributed by atoms with Gasteiger partial charge in [0, 0.05) is 10.8 Å². The molecule has 0 saturated heterocycles. The molecule has 100 valence electrons. The Balaban J connectivity index is 3.69. The van der Waals surface area contributed by atoms with Crippen molar-refractivity contribution < 1.29 is 0 Å². The van der Waals surface area contributed by atoms with Crippen molar-refractivity contribution in [3.8, 4) is 0 Å². The molecule has 3 heteroatoms. The van der Waals surface area contributed by atoms with Crippen molar-refractivity contribution in [1.29, 1.82) is 0 Å². The molecular weight excluding hydrogens is 275 g/mol. The summed E-state index contributed by atoms with van der Waals surface area (Å²) in [7, 11) is 0. The molecule has 0 bridgehead atoms. The molecule has 0 amide bonds. The Bertz CT molecular complexity index is 519. The first-order valence-corrected chi connectivity index (χ1v) is 9.61. The molecule has 1 aromatic carbocycles. The van der Waals surface area contributed by atoms with Gasteiger partial charge in [0.25, 0.3) is 0 Å². The van der Waals surface area contributed by atoms with Gasteiger partial charge in [0.2, 0.25) is 0 Å². The van der Waals surface area contributed by atoms with E-state index < -0.39 is 5.47 Å². The van der Waals surface area contributed by atoms with Gasteiger partial charge in [0.05, 0.1) is 0 Å². The second-order valence-electron chi connectivity index (χ2n) is 6.95. The lowest BCUT2D eigenvalue weighted by atomic mass is 9.79. The predicted molar refractivity (Wildman–Crippen MR) is 89.9 cm³/mol. The van der Waals surface area contributed by atoms with Crippen LogP contribution in [0.15, 0.2) is 12.1 Å². The first-order chi connectivity index (χ1) is 7.94. The fourth-order valence-corrected chi connectivity index (χ4v) is 4.43. The minimum absolute atomic E-state index is 0.0968. The third-order valence-electron chi connectivity index (χ3n) is 3.16. The summed E-state index contributed by atoms with van der Waals surface area (Å²) in [6.07, 6.45) is 0. The van der Waals surface area contributed by atoms with E-state index in [4.69, 9.17) is 23.6 Å². The van der Waals surface area contributed by atoms with Crippen LogP contribution in [0.3, 0.4) is 0 Å². The summed E-state index contributed by atoms with van der Waals surface area (Å²) in [6.45, 7) is 15.6. The van der Waals surface area contributed by atoms with Crippen LogP contribution in [0, 0.1) is 6.92 Å². The van der Waals surface area contributed by atoms with E-state index >= 15 is 0 Å². The highest BCUT2D eigenvalue weighted by Gasteiger charge is 2.23. The molecule has 0 nitrogen and oxygen atoms in total. The molecule has 0 aliphatic rings. The van der Waals surface area contributed by atoms with Crippen LogP contribution in [0.1, 0.15) is 58.2 Å². The van der Waals surface area contributed by atoms with Crippen LogP contribution >= 0.6 is 5.47 Å². The topological polar surface area (TPSA) is 0 Å². The van der Waals surface area contributed by atoms with E-state index in [-0.39, 0.29) is 10.8 Å². The lowest BCUT2D eigenvalue weighted by molar-refractivity contribution is 0.570. The maximum Gasteiger partial charge on any atom is 0.0426 e. The predicted octanol–water partition coefficient (Wildman–Crippen LogP) is 4.62. The zero-order chi connectivity index (χ0) is 14.3. The zero-order valence-electron chi connectivity index (χ0n) is 12.4. The summed E-state index contributed by atoms with van der Waals surface area (Å²) >= 11 is 10.8. The number of hydrogen-bond acceptors (Lipinski definition) is 2. The van der Waals surface area contributed by atoms with Crippen LogP contribution in [0.4, 0.5) is 0 Å². The third-order valence-corrected chi connectivity index (χ3v) is 5.21. The largest absolute Gasteiger partial charge is 0.0561 e. The first-order valence-electron chi connectivity index (χ1n) is 6.24. The summed E-state index contributed by atoms with van der Waals surface area (Å²) in [5, 5.41) is 1.23. The summed E-state index contributed by atoms with van der Waals surface area (Å²) in [5.74, 6) is 0. The molecule has 0 saturated carbocycles. The van der Waals surface area contributed by atoms with Gasteiger partial charge in [-0.2, -0.15) is 0 Å². The molecule has 1 aromatic rings. The second-order valence-corrected chi connectivity index (χ2v) is 10.8. The Morgan fingerprint density at radius 1 is 0.889 bits per heavy atom. The highest BCUT2D eigenvalue weighted by Crippen LogP contribution is 2.31. The maximum absolute atomic E-state index is 5.41. The Labute approximate surface area is 122 Å². The fourth-order valence-electron chi connectivity index (χ4n) is 2.03. The summed E-state index contributed by atoms with van der Waals surface area (Å²) in [5.41, 5.74) is 3.35. The quantitative estimate of drug-likeness (QED) is 0.694. The molecule has 0 N–H and O–H groups in total. The van der Waals surface area contributed by atoms with Crippen molar-refractivity contribution in [1.82, 2.24) is 0 Å². The Morgan fingerprint density at radius 3 is 1.72 bits per heavy atom. The van der Waals surface area contributed by atoms with Gasteiger partial charge in [-0.3, -0.25) is 0 Å². The molecule has 0 spiro atoms. The van der Waals surface area contributed by atoms with Gasteiger partial charge in [0.1, 0.15) is 0 Å². The van der Waals surface area contributed by atoms with Crippen molar-refractivity contribution in [3.63, 3.8) is 0 Å². The highest BCUT2D eigenvalue weighted by atomic mass is 32.7. The van der Waals surface area contributed by atoms with E-state index in [1.807, 2.05) is 0 Å². The van der Waals surface area contributed by atoms with E-state index in [0.717, 1.165) is 0 Å². The van der Waals surface area contributed by atoms with E-state index in [9.17, 15) is 0 Å². The summed E-state index contributed by atoms with van der Waals surface area (Å²) in [6, 6.07) is 4.58. The third kappa shape index (κ3) is 3.50. The van der Waals surface area contributed by atoms with Crippen LogP contribution < -0.4 is 5.30 Å². The van der Waals surface area contributed by atoms with Gasteiger partial charge in [-0.05, 0) is 58.1 Å². The normalized spacial score (nSPS) is 12.6. The van der Waals surface area contributed by atoms with Crippen molar-refractivity contribution in [2.75, 3.05) is 0 Å². The second kappa shape index (κ2) is 5.15. The molecule has 0 fully saturated rings. The number of benzene rings is 1. The van der Waals surface area contributed by atoms with Crippen LogP contribution in [-0.4, -0.2) is 0 Å². The minimum atomic E-state index is -0.883. The highest BCUT2D eigenvalue weighted by molar-refractivity contribution is 8.28. The zero-order valence-corrected chi connectivity index (χ0v) is 14.9. The van der Waals surface area contributed by atoms with Crippen LogP contribution in [0.5, 0.6) is 0 Å². The van der Waals surface area contributed by atoms with Crippen molar-refractivity contribution in [2.24, 2.45) is 0 Å². The molecule has 0 aromatic heterocycles. The van der Waals surface area contributed by atoms with Crippen LogP contribution in [0.25, 0.3) is 0 Å². The number of rotatable bonds is 1. The van der Waals surface area contributed by atoms with E-state index in [2.05, 4.69) is 60.6 Å². The SMILES string of the molecule is Cc1cc(C(C)(C)C)cc(C(C)(C)C)c1P(=S)=S. The Kier molecular flexibility index (Phi) is 4.58. The summed E-state index contributed by atoms with van der Waals surface area (Å²) < 4.78 is 0. The van der Waals surface area contributed by atoms with E-state index in [0.29, 0.717) is 0 Å². The van der Waals surface area contributed by atoms with Gasteiger partial charge in [-0.1, -0.05) is 53.7 Å². The van der Waals surface area contributed by atoms with Crippen molar-refractivity contribution in [2.45, 2.75) is 59.3 Å². The van der Waals surface area contributed by atoms with Gasteiger partial charge in [0.15, 0.2) is 0 Å². The smallest absolute Gasteiger partial charge is 0.0426 e. The first kappa shape index (κ1) is 16.0. The molecular formula is C15H23PS2. The lowest BCUT2D eigenvalue weighted by Gasteiger charge is -2.28. The molecule has 1 rings (SSSR count). The average molecular weight is 298 g/mol. The lowest BCUT2D eigenvalue weighted by Crippen LogP contribution is -2.24. The van der Waals surface area contributed by atoms with Crippen LogP contribution in [-0.2, 0) is 34.4 Å². The summed E-state index contributed by atoms with van der Waals surface area (Å²) in [4.78, 5) is 0. The van der Waals surface area contributed by atoms with Gasteiger partial charge >= 0.3 is 0 Å². The minimum Gasteiger partial charge on any atom is -0.0561 e. The van der Waals surface area contributed by atoms with Gasteiger partial charge in [-0.25, -0.2) is 0 Å². The monoisotopic (exact) mass is 298 g/mol. The molecule has 0 radical (unpaired) electrons. The van der Waals surface area contributed by atoms with Crippen molar-refractivity contribution in [3.05, 3.63) is 28.8 Å². The molecule has 18 heavy (non-hydrogen) atoms.